The topological polar surface area (TPSA) is 404 Å². The van der Waals surface area contributed by atoms with Crippen LogP contribution in [0.1, 0.15) is 101 Å². The van der Waals surface area contributed by atoms with E-state index in [1.165, 1.54) is 21.0 Å². The number of ether oxygens (including phenoxy) is 11. The number of carbonyl (C=O) groups excluding carboxylic acids is 2. The van der Waals surface area contributed by atoms with Crippen molar-refractivity contribution in [3.63, 3.8) is 0 Å². The van der Waals surface area contributed by atoms with Crippen molar-refractivity contribution in [3.05, 3.63) is 35.5 Å². The lowest BCUT2D eigenvalue weighted by Gasteiger charge is -2.63. The number of esters is 2. The SMILES string of the molecule is CO[C@@H]1[C@@H](O)[C@H](O[C@@H]2[C@@H](O)[C@H](O[C@H]3[C@H](O)[C@@H](O)[C@H](O[C@H]4[C@H](OC5CC[C@]6(C)[C@H]7CC[C@]89C(=O)O[C@@](C)(/C=C/C=C(C)C)[C@H]8[C@@H](OC(C)=O)C[C@@]9(C)C7=CC[C@H]6C5(C)C)OC[C@@H](OS(=O)(=O)O)[C@@H]4O)O[C@@H]3C)O[C@H](COS(=O)(=O)O)[C@H]2O)OC[C@H]1O. The van der Waals surface area contributed by atoms with Crippen molar-refractivity contribution in [3.8, 4) is 0 Å². The van der Waals surface area contributed by atoms with E-state index in [4.69, 9.17) is 56.3 Å². The zero-order chi connectivity index (χ0) is 62.5. The maximum atomic E-state index is 14.6. The van der Waals surface area contributed by atoms with Crippen LogP contribution in [0.3, 0.4) is 0 Å². The van der Waals surface area contributed by atoms with Crippen molar-refractivity contribution >= 4 is 32.7 Å². The maximum Gasteiger partial charge on any atom is 0.397 e. The Balaban J connectivity index is 0.930. The van der Waals surface area contributed by atoms with E-state index in [-0.39, 0.29) is 23.2 Å². The van der Waals surface area contributed by atoms with Crippen LogP contribution >= 0.6 is 0 Å². The normalized spacial score (nSPS) is 48.1. The summed E-state index contributed by atoms with van der Waals surface area (Å²) in [6.45, 7) is 14.9. The Bertz CT molecular complexity index is 2770. The van der Waals surface area contributed by atoms with E-state index in [2.05, 4.69) is 38.0 Å². The summed E-state index contributed by atoms with van der Waals surface area (Å²) in [4.78, 5) is 27.4. The van der Waals surface area contributed by atoms with Crippen LogP contribution in [-0.2, 0) is 90.9 Å². The Hall–Kier alpha value is -2.74. The first-order valence-corrected chi connectivity index (χ1v) is 31.4. The van der Waals surface area contributed by atoms with Crippen molar-refractivity contribution in [2.45, 2.75) is 229 Å². The lowest BCUT2D eigenvalue weighted by Crippen LogP contribution is -2.66. The second-order valence-corrected chi connectivity index (χ2v) is 27.9. The van der Waals surface area contributed by atoms with Gasteiger partial charge in [0.15, 0.2) is 25.2 Å². The minimum absolute atomic E-state index is 0.00640. The van der Waals surface area contributed by atoms with Gasteiger partial charge in [0.05, 0.1) is 43.4 Å². The largest absolute Gasteiger partial charge is 0.462 e. The summed E-state index contributed by atoms with van der Waals surface area (Å²) < 4.78 is 141. The molecule has 0 aromatic rings. The first-order chi connectivity index (χ1) is 39.5. The van der Waals surface area contributed by atoms with E-state index in [0.29, 0.717) is 38.5 Å². The van der Waals surface area contributed by atoms with Gasteiger partial charge in [-0.25, -0.2) is 8.37 Å². The summed E-state index contributed by atoms with van der Waals surface area (Å²) in [6.07, 6.45) is -22.0. The van der Waals surface area contributed by atoms with Gasteiger partial charge in [0.25, 0.3) is 0 Å². The Morgan fingerprint density at radius 2 is 1.38 bits per heavy atom. The van der Waals surface area contributed by atoms with Crippen molar-refractivity contribution in [1.29, 1.82) is 0 Å². The molecule has 9 rings (SSSR count). The van der Waals surface area contributed by atoms with Crippen LogP contribution in [0.2, 0.25) is 0 Å². The molecule has 0 bridgehead atoms. The Morgan fingerprint density at radius 3 is 2.02 bits per heavy atom. The highest BCUT2D eigenvalue weighted by Gasteiger charge is 2.79. The van der Waals surface area contributed by atoms with Crippen LogP contribution in [-0.4, -0.2) is 229 Å². The Morgan fingerprint density at radius 1 is 0.729 bits per heavy atom. The number of rotatable bonds is 17. The molecular formula is C55H84O28S2. The van der Waals surface area contributed by atoms with Crippen LogP contribution < -0.4 is 0 Å². The molecule has 1 spiro atoms. The first-order valence-electron chi connectivity index (χ1n) is 28.7. The molecule has 8 fully saturated rings. The fourth-order valence-corrected chi connectivity index (χ4v) is 16.9. The minimum Gasteiger partial charge on any atom is -0.462 e. The molecule has 85 heavy (non-hydrogen) atoms. The second kappa shape index (κ2) is 24.5. The van der Waals surface area contributed by atoms with Gasteiger partial charge in [-0.2, -0.15) is 16.8 Å². The van der Waals surface area contributed by atoms with E-state index >= 15 is 0 Å². The number of methoxy groups -OCH3 is 1. The molecule has 27 atom stereocenters. The molecule has 0 amide bonds. The molecule has 1 unspecified atom stereocenters. The third kappa shape index (κ3) is 12.4. The average molecular weight is 1260 g/mol. The van der Waals surface area contributed by atoms with Gasteiger partial charge in [-0.3, -0.25) is 18.7 Å². The molecule has 28 nitrogen and oxygen atoms in total. The molecule has 9 N–H and O–H groups in total. The lowest BCUT2D eigenvalue weighted by atomic mass is 9.41. The third-order valence-corrected chi connectivity index (χ3v) is 20.9. The predicted molar refractivity (Wildman–Crippen MR) is 286 cm³/mol. The molecule has 0 aromatic carbocycles. The average Bonchev–Trinajstić information content (AvgIpc) is 1.53. The van der Waals surface area contributed by atoms with E-state index in [1.54, 1.807) is 0 Å². The molecule has 3 saturated carbocycles. The zero-order valence-electron chi connectivity index (χ0n) is 49.1. The van der Waals surface area contributed by atoms with Gasteiger partial charge < -0.3 is 87.9 Å². The van der Waals surface area contributed by atoms with Crippen molar-refractivity contribution < 1.29 is 132 Å². The van der Waals surface area contributed by atoms with Gasteiger partial charge in [-0.05, 0) is 95.0 Å². The molecule has 4 aliphatic carbocycles. The van der Waals surface area contributed by atoms with Crippen molar-refractivity contribution in [2.24, 2.45) is 39.4 Å². The molecule has 484 valence electrons. The van der Waals surface area contributed by atoms with E-state index in [1.807, 2.05) is 39.0 Å². The second-order valence-electron chi connectivity index (χ2n) is 25.8. The molecule has 9 aliphatic rings. The van der Waals surface area contributed by atoms with Crippen LogP contribution in [0.4, 0.5) is 0 Å². The number of hydrogen-bond acceptors (Lipinski definition) is 26. The molecule has 5 aliphatic heterocycles. The quantitative estimate of drug-likeness (QED) is 0.0407. The number of hydrogen-bond donors (Lipinski definition) is 9. The maximum absolute atomic E-state index is 14.6. The Labute approximate surface area is 493 Å². The van der Waals surface area contributed by atoms with Crippen LogP contribution in [0, 0.1) is 39.4 Å². The number of fused-ring (bicyclic) bond motifs is 4. The van der Waals surface area contributed by atoms with Crippen molar-refractivity contribution in [2.75, 3.05) is 26.9 Å². The number of carbonyl (C=O) groups is 2. The minimum atomic E-state index is -5.21. The third-order valence-electron chi connectivity index (χ3n) is 20.0. The summed E-state index contributed by atoms with van der Waals surface area (Å²) in [5.74, 6) is -1.28. The van der Waals surface area contributed by atoms with Crippen LogP contribution in [0.25, 0.3) is 0 Å². The molecule has 5 saturated heterocycles. The van der Waals surface area contributed by atoms with Gasteiger partial charge >= 0.3 is 32.7 Å². The highest BCUT2D eigenvalue weighted by Crippen LogP contribution is 2.76. The molecule has 30 heteroatoms. The van der Waals surface area contributed by atoms with Gasteiger partial charge in [0, 0.05) is 19.4 Å². The fraction of sp³-hybridized carbons (Fsp3) is 0.855. The van der Waals surface area contributed by atoms with Gasteiger partial charge in [-0.15, -0.1) is 0 Å². The summed E-state index contributed by atoms with van der Waals surface area (Å²) in [5, 5.41) is 79.2. The van der Waals surface area contributed by atoms with E-state index < -0.39 is 197 Å². The highest BCUT2D eigenvalue weighted by molar-refractivity contribution is 7.81. The number of cyclic esters (lactones) is 1. The Kier molecular flexibility index (Phi) is 19.2. The fourth-order valence-electron chi connectivity index (χ4n) is 16.1. The first kappa shape index (κ1) is 66.7. The zero-order valence-corrected chi connectivity index (χ0v) is 50.7. The summed E-state index contributed by atoms with van der Waals surface area (Å²) in [7, 11) is -9.17. The molecular weight excluding hydrogens is 1170 g/mol. The van der Waals surface area contributed by atoms with Gasteiger partial charge in [0.1, 0.15) is 91.1 Å². The van der Waals surface area contributed by atoms with Crippen molar-refractivity contribution in [1.82, 2.24) is 0 Å². The van der Waals surface area contributed by atoms with Gasteiger partial charge in [0.2, 0.25) is 0 Å². The molecule has 0 aromatic heterocycles. The highest BCUT2D eigenvalue weighted by atomic mass is 32.3. The number of allylic oxidation sites excluding steroid dienone is 5. The standard InChI is InChI=1S/C55H84O28S2/c1-24(2)12-11-17-54(9)45-30(76-26(4)56)20-53(8)28-13-14-33-51(5,6)34(16-18-52(33,7)27(28)15-19-55(45,53)50(64)82-54)78-49-44(36(59)32(22-73-49)83-85(68,69)70)81-47-38(61)37(60)41(25(3)75-47)79-48-40(63)43(35(58)31(77-48)23-74-84(65,66)67)80-46-39(62)42(71-10)29(57)21-72-46/h11-13,17,25,27,29-49,57-63H,14-16,18-23H2,1-10H3,(H,65,66,67)(H,68,69,70)/b17-11+/t25-,27+,29-,30+,31-,32-,33+,34?,35-,36+,37-,38-,39-,40-,41-,42+,43+,44-,45-,46+,47+,48+,49+,52-,53+,54+,55-/m1/s1. The molecule has 0 radical (unpaired) electrons. The smallest absolute Gasteiger partial charge is 0.397 e. The van der Waals surface area contributed by atoms with Crippen LogP contribution in [0.15, 0.2) is 35.5 Å². The summed E-state index contributed by atoms with van der Waals surface area (Å²) in [5.41, 5.74) is -1.62. The predicted octanol–water partition coefficient (Wildman–Crippen LogP) is 0.223. The summed E-state index contributed by atoms with van der Waals surface area (Å²) >= 11 is 0. The van der Waals surface area contributed by atoms with Gasteiger partial charge in [-0.1, -0.05) is 57.1 Å². The van der Waals surface area contributed by atoms with Crippen LogP contribution in [0.5, 0.6) is 0 Å². The molecule has 5 heterocycles. The van der Waals surface area contributed by atoms with E-state index in [0.717, 1.165) is 11.1 Å². The van der Waals surface area contributed by atoms with E-state index in [9.17, 15) is 71.3 Å². The summed E-state index contributed by atoms with van der Waals surface area (Å²) in [6, 6.07) is 0. The number of aliphatic hydroxyl groups is 7. The number of aliphatic hydroxyl groups excluding tert-OH is 7. The monoisotopic (exact) mass is 1260 g/mol. The lowest BCUT2D eigenvalue weighted by molar-refractivity contribution is -0.386.